The zero-order valence-electron chi connectivity index (χ0n) is 16.4. The molecule has 0 N–H and O–H groups in total. The van der Waals surface area contributed by atoms with Crippen molar-refractivity contribution < 1.29 is 19.1 Å². The van der Waals surface area contributed by atoms with Gasteiger partial charge in [-0.05, 0) is 53.4 Å². The number of ether oxygens (including phenoxy) is 2. The van der Waals surface area contributed by atoms with Gasteiger partial charge in [0.15, 0.2) is 0 Å². The maximum atomic E-state index is 11.9. The van der Waals surface area contributed by atoms with Gasteiger partial charge in [0.05, 0.1) is 0 Å². The van der Waals surface area contributed by atoms with Gasteiger partial charge in [-0.2, -0.15) is 0 Å². The number of carbonyl (C=O) groups is 2. The summed E-state index contributed by atoms with van der Waals surface area (Å²) < 4.78 is 10.8. The molecule has 0 fully saturated rings. The van der Waals surface area contributed by atoms with Crippen molar-refractivity contribution in [3.8, 4) is 0 Å². The summed E-state index contributed by atoms with van der Waals surface area (Å²) in [5.74, 6) is -1.01. The summed E-state index contributed by atoms with van der Waals surface area (Å²) in [6, 6.07) is 0. The molecule has 0 unspecified atom stereocenters. The van der Waals surface area contributed by atoms with Crippen LogP contribution in [0.1, 0.15) is 92.9 Å². The molecule has 0 aromatic heterocycles. The normalized spacial score (nSPS) is 12.4. The van der Waals surface area contributed by atoms with Gasteiger partial charge in [0, 0.05) is 12.2 Å². The molecule has 0 aromatic rings. The fraction of sp³-hybridized carbons (Fsp3) is 0.800. The molecular weight excluding hydrogens is 304 g/mol. The van der Waals surface area contributed by atoms with E-state index in [0.29, 0.717) is 0 Å². The molecule has 0 amide bonds. The third-order valence-corrected chi connectivity index (χ3v) is 3.87. The lowest BCUT2D eigenvalue weighted by Gasteiger charge is -2.25. The summed E-state index contributed by atoms with van der Waals surface area (Å²) in [6.45, 7) is 11.8. The number of hydrogen-bond donors (Lipinski definition) is 0. The first-order chi connectivity index (χ1) is 11.1. The molecule has 0 aliphatic rings. The lowest BCUT2D eigenvalue weighted by Crippen LogP contribution is -2.28. The smallest absolute Gasteiger partial charge is 0.331 e. The summed E-state index contributed by atoms with van der Waals surface area (Å²) in [5, 5.41) is 0. The highest BCUT2D eigenvalue weighted by Gasteiger charge is 2.23. The van der Waals surface area contributed by atoms with E-state index in [0.717, 1.165) is 63.5 Å². The van der Waals surface area contributed by atoms with E-state index in [1.165, 1.54) is 0 Å². The van der Waals surface area contributed by atoms with Crippen molar-refractivity contribution in [2.75, 3.05) is 0 Å². The fourth-order valence-electron chi connectivity index (χ4n) is 2.45. The second-order valence-electron chi connectivity index (χ2n) is 7.61. The fourth-order valence-corrected chi connectivity index (χ4v) is 2.45. The first kappa shape index (κ1) is 22.7. The molecule has 0 radical (unpaired) electrons. The summed E-state index contributed by atoms with van der Waals surface area (Å²) in [4.78, 5) is 23.7. The van der Waals surface area contributed by atoms with Gasteiger partial charge in [0.25, 0.3) is 0 Å². The minimum absolute atomic E-state index is 0.503. The molecule has 0 aliphatic carbocycles. The number of carbonyl (C=O) groups excluding carboxylic acids is 2. The number of hydrogen-bond acceptors (Lipinski definition) is 4. The van der Waals surface area contributed by atoms with E-state index >= 15 is 0 Å². The van der Waals surface area contributed by atoms with Crippen molar-refractivity contribution in [3.63, 3.8) is 0 Å². The monoisotopic (exact) mass is 340 g/mol. The van der Waals surface area contributed by atoms with Crippen molar-refractivity contribution in [1.82, 2.24) is 0 Å². The highest BCUT2D eigenvalue weighted by atomic mass is 16.6. The number of unbranched alkanes of at least 4 members (excludes halogenated alkanes) is 4. The number of rotatable bonds is 12. The van der Waals surface area contributed by atoms with Gasteiger partial charge < -0.3 is 9.47 Å². The third kappa shape index (κ3) is 12.1. The zero-order valence-corrected chi connectivity index (χ0v) is 16.4. The van der Waals surface area contributed by atoms with Crippen molar-refractivity contribution >= 4 is 11.9 Å². The van der Waals surface area contributed by atoms with Crippen molar-refractivity contribution in [2.45, 2.75) is 104 Å². The van der Waals surface area contributed by atoms with Gasteiger partial charge in [-0.15, -0.1) is 0 Å². The van der Waals surface area contributed by atoms with Crippen LogP contribution in [0.15, 0.2) is 12.2 Å². The van der Waals surface area contributed by atoms with E-state index in [1.54, 1.807) is 0 Å². The summed E-state index contributed by atoms with van der Waals surface area (Å²) in [5.41, 5.74) is -1.03. The highest BCUT2D eigenvalue weighted by Crippen LogP contribution is 2.20. The van der Waals surface area contributed by atoms with Gasteiger partial charge in [-0.1, -0.05) is 39.5 Å². The van der Waals surface area contributed by atoms with Crippen LogP contribution in [0.3, 0.4) is 0 Å². The molecule has 0 atom stereocenters. The van der Waals surface area contributed by atoms with Crippen LogP contribution in [-0.2, 0) is 19.1 Å². The van der Waals surface area contributed by atoms with Gasteiger partial charge in [0.1, 0.15) is 11.2 Å². The van der Waals surface area contributed by atoms with E-state index in [9.17, 15) is 9.59 Å². The lowest BCUT2D eigenvalue weighted by atomic mass is 10.0. The molecule has 24 heavy (non-hydrogen) atoms. The van der Waals surface area contributed by atoms with Crippen LogP contribution in [0.2, 0.25) is 0 Å². The Bertz CT molecular complexity index is 370. The molecule has 0 heterocycles. The Labute approximate surface area is 148 Å². The third-order valence-electron chi connectivity index (χ3n) is 3.87. The summed E-state index contributed by atoms with van der Waals surface area (Å²) in [6.07, 6.45) is 10.5. The van der Waals surface area contributed by atoms with E-state index < -0.39 is 23.1 Å². The minimum Gasteiger partial charge on any atom is -0.457 e. The highest BCUT2D eigenvalue weighted by molar-refractivity contribution is 5.91. The maximum absolute atomic E-state index is 11.9. The molecule has 0 aliphatic heterocycles. The molecule has 140 valence electrons. The van der Waals surface area contributed by atoms with Crippen molar-refractivity contribution in [3.05, 3.63) is 12.2 Å². The van der Waals surface area contributed by atoms with Crippen molar-refractivity contribution in [2.24, 2.45) is 0 Å². The molecule has 4 heteroatoms. The van der Waals surface area contributed by atoms with Crippen LogP contribution < -0.4 is 0 Å². The summed E-state index contributed by atoms with van der Waals surface area (Å²) in [7, 11) is 0. The van der Waals surface area contributed by atoms with Gasteiger partial charge >= 0.3 is 11.9 Å². The van der Waals surface area contributed by atoms with Crippen LogP contribution >= 0.6 is 0 Å². The molecule has 0 aromatic carbocycles. The SMILES string of the molecule is CCCCCC(C)(C)OC(=O)/C=C\C(=O)OC(C)(C)CCCCC. The molecular formula is C20H36O4. The first-order valence-corrected chi connectivity index (χ1v) is 9.26. The van der Waals surface area contributed by atoms with Crippen LogP contribution in [0, 0.1) is 0 Å². The second-order valence-corrected chi connectivity index (χ2v) is 7.61. The van der Waals surface area contributed by atoms with Gasteiger partial charge in [0.2, 0.25) is 0 Å². The molecule has 0 saturated carbocycles. The number of esters is 2. The van der Waals surface area contributed by atoms with Crippen LogP contribution in [0.25, 0.3) is 0 Å². The molecule has 0 rings (SSSR count). The predicted octanol–water partition coefficient (Wildman–Crippen LogP) is 5.35. The van der Waals surface area contributed by atoms with Crippen LogP contribution in [-0.4, -0.2) is 23.1 Å². The Kier molecular flexibility index (Phi) is 10.7. The zero-order chi connectivity index (χ0) is 18.6. The topological polar surface area (TPSA) is 52.6 Å². The van der Waals surface area contributed by atoms with Gasteiger partial charge in [-0.3, -0.25) is 0 Å². The lowest BCUT2D eigenvalue weighted by molar-refractivity contribution is -0.153. The van der Waals surface area contributed by atoms with E-state index in [-0.39, 0.29) is 0 Å². The Balaban J connectivity index is 4.30. The summed E-state index contributed by atoms with van der Waals surface area (Å²) >= 11 is 0. The van der Waals surface area contributed by atoms with E-state index in [2.05, 4.69) is 13.8 Å². The maximum Gasteiger partial charge on any atom is 0.331 e. The molecule has 4 nitrogen and oxygen atoms in total. The first-order valence-electron chi connectivity index (χ1n) is 9.26. The van der Waals surface area contributed by atoms with Crippen molar-refractivity contribution in [1.29, 1.82) is 0 Å². The minimum atomic E-state index is -0.514. The molecule has 0 bridgehead atoms. The average Bonchev–Trinajstić information content (AvgIpc) is 2.44. The van der Waals surface area contributed by atoms with E-state index in [4.69, 9.17) is 9.47 Å². The Morgan fingerprint density at radius 1 is 0.708 bits per heavy atom. The quantitative estimate of drug-likeness (QED) is 0.273. The molecule has 0 spiro atoms. The standard InChI is InChI=1S/C20H36O4/c1-7-9-11-15-19(3,4)23-17(21)13-14-18(22)24-20(5,6)16-12-10-8-2/h13-14H,7-12,15-16H2,1-6H3/b14-13-. The van der Waals surface area contributed by atoms with Crippen LogP contribution in [0.4, 0.5) is 0 Å². The Morgan fingerprint density at radius 2 is 1.04 bits per heavy atom. The van der Waals surface area contributed by atoms with Gasteiger partial charge in [-0.25, -0.2) is 9.59 Å². The largest absolute Gasteiger partial charge is 0.457 e. The predicted molar refractivity (Wildman–Crippen MR) is 97.8 cm³/mol. The average molecular weight is 341 g/mol. The van der Waals surface area contributed by atoms with E-state index in [1.807, 2.05) is 27.7 Å². The Hall–Kier alpha value is -1.32. The molecule has 0 saturated heterocycles. The Morgan fingerprint density at radius 3 is 1.33 bits per heavy atom. The second kappa shape index (κ2) is 11.3. The van der Waals surface area contributed by atoms with Crippen LogP contribution in [0.5, 0.6) is 0 Å².